The number of ether oxygens (including phenoxy) is 1. The van der Waals surface area contributed by atoms with Crippen molar-refractivity contribution in [2.45, 2.75) is 19.9 Å². The highest BCUT2D eigenvalue weighted by atomic mass is 16.5. The molecule has 8 nitrogen and oxygen atoms in total. The third-order valence-corrected chi connectivity index (χ3v) is 4.50. The highest BCUT2D eigenvalue weighted by molar-refractivity contribution is 6.05. The number of fused-ring (bicyclic) bond motifs is 1. The lowest BCUT2D eigenvalue weighted by atomic mass is 9.95. The summed E-state index contributed by atoms with van der Waals surface area (Å²) in [6.07, 6.45) is 0. The largest absolute Gasteiger partial charge is 0.494 e. The van der Waals surface area contributed by atoms with Crippen LogP contribution in [0.2, 0.25) is 0 Å². The first-order valence-corrected chi connectivity index (χ1v) is 9.02. The Labute approximate surface area is 162 Å². The minimum Gasteiger partial charge on any atom is -0.494 e. The number of carbonyl (C=O) groups is 1. The molecule has 4 rings (SSSR count). The quantitative estimate of drug-likeness (QED) is 0.711. The fourth-order valence-electron chi connectivity index (χ4n) is 3.25. The van der Waals surface area contributed by atoms with Crippen molar-refractivity contribution in [3.63, 3.8) is 0 Å². The molecule has 0 aliphatic carbocycles. The molecule has 0 saturated carbocycles. The van der Waals surface area contributed by atoms with Crippen LogP contribution in [-0.2, 0) is 4.79 Å². The molecule has 0 radical (unpaired) electrons. The average molecular weight is 376 g/mol. The summed E-state index contributed by atoms with van der Waals surface area (Å²) < 4.78 is 7.14. The zero-order chi connectivity index (χ0) is 19.5. The molecular formula is C20H20N6O2. The van der Waals surface area contributed by atoms with Gasteiger partial charge in [-0.3, -0.25) is 4.79 Å². The molecule has 1 amide bonds. The Bertz CT molecular complexity index is 1010. The van der Waals surface area contributed by atoms with E-state index >= 15 is 0 Å². The first-order valence-electron chi connectivity index (χ1n) is 9.02. The third-order valence-electron chi connectivity index (χ3n) is 4.50. The monoisotopic (exact) mass is 376 g/mol. The van der Waals surface area contributed by atoms with Crippen LogP contribution in [0.1, 0.15) is 25.5 Å². The molecule has 2 heterocycles. The number of anilines is 2. The Morgan fingerprint density at radius 2 is 1.93 bits per heavy atom. The molecule has 0 bridgehead atoms. The molecule has 1 aliphatic rings. The molecule has 0 fully saturated rings. The lowest BCUT2D eigenvalue weighted by Gasteiger charge is -2.28. The molecule has 142 valence electrons. The van der Waals surface area contributed by atoms with Crippen LogP contribution in [-0.4, -0.2) is 32.7 Å². The van der Waals surface area contributed by atoms with Gasteiger partial charge >= 0.3 is 0 Å². The number of aromatic nitrogens is 4. The number of tetrazole rings is 1. The predicted octanol–water partition coefficient (Wildman–Crippen LogP) is 3.00. The van der Waals surface area contributed by atoms with Gasteiger partial charge < -0.3 is 15.4 Å². The summed E-state index contributed by atoms with van der Waals surface area (Å²) in [4.78, 5) is 13.1. The Hall–Kier alpha value is -3.68. The molecule has 1 atom stereocenters. The smallest absolute Gasteiger partial charge is 0.255 e. The SMILES string of the molecule is CCOc1ccc(C2C(C(=O)Nc3ccccc3)=C(C)Nc3nnnn32)cc1. The van der Waals surface area contributed by atoms with Gasteiger partial charge in [0.25, 0.3) is 5.91 Å². The van der Waals surface area contributed by atoms with E-state index in [0.29, 0.717) is 23.8 Å². The van der Waals surface area contributed by atoms with Gasteiger partial charge in [-0.15, -0.1) is 0 Å². The number of nitrogens with zero attached hydrogens (tertiary/aromatic N) is 4. The molecule has 28 heavy (non-hydrogen) atoms. The van der Waals surface area contributed by atoms with Crippen molar-refractivity contribution in [1.29, 1.82) is 0 Å². The fraction of sp³-hybridized carbons (Fsp3) is 0.200. The van der Waals surface area contributed by atoms with Gasteiger partial charge in [0, 0.05) is 11.4 Å². The molecular weight excluding hydrogens is 356 g/mol. The van der Waals surface area contributed by atoms with Crippen molar-refractivity contribution >= 4 is 17.5 Å². The average Bonchev–Trinajstić information content (AvgIpc) is 3.16. The van der Waals surface area contributed by atoms with E-state index in [9.17, 15) is 4.79 Å². The first kappa shape index (κ1) is 17.7. The van der Waals surface area contributed by atoms with Crippen LogP contribution in [0, 0.1) is 0 Å². The summed E-state index contributed by atoms with van der Waals surface area (Å²) >= 11 is 0. The standard InChI is InChI=1S/C20H20N6O2/c1-3-28-16-11-9-14(10-12-16)18-17(13(2)21-20-23-24-25-26(18)20)19(27)22-15-7-5-4-6-8-15/h4-12,18H,3H2,1-2H3,(H,22,27)(H,21,23,25). The van der Waals surface area contributed by atoms with Crippen LogP contribution in [0.4, 0.5) is 11.6 Å². The molecule has 0 saturated heterocycles. The number of para-hydroxylation sites is 1. The van der Waals surface area contributed by atoms with Gasteiger partial charge in [0.1, 0.15) is 11.8 Å². The number of amides is 1. The second-order valence-corrected chi connectivity index (χ2v) is 6.34. The van der Waals surface area contributed by atoms with Gasteiger partial charge in [-0.05, 0) is 54.1 Å². The number of allylic oxidation sites excluding steroid dienone is 1. The normalized spacial score (nSPS) is 15.6. The zero-order valence-corrected chi connectivity index (χ0v) is 15.6. The van der Waals surface area contributed by atoms with Gasteiger partial charge in [0.2, 0.25) is 5.95 Å². The summed E-state index contributed by atoms with van der Waals surface area (Å²) in [5, 5.41) is 17.9. The maximum atomic E-state index is 13.1. The van der Waals surface area contributed by atoms with E-state index in [-0.39, 0.29) is 5.91 Å². The van der Waals surface area contributed by atoms with Crippen LogP contribution >= 0.6 is 0 Å². The van der Waals surface area contributed by atoms with Crippen molar-refractivity contribution in [2.75, 3.05) is 17.2 Å². The van der Waals surface area contributed by atoms with Crippen LogP contribution in [0.5, 0.6) is 5.75 Å². The molecule has 1 unspecified atom stereocenters. The maximum Gasteiger partial charge on any atom is 0.255 e. The number of hydrogen-bond donors (Lipinski definition) is 2. The van der Waals surface area contributed by atoms with E-state index in [2.05, 4.69) is 26.2 Å². The second-order valence-electron chi connectivity index (χ2n) is 6.34. The Kier molecular flexibility index (Phi) is 4.76. The number of benzene rings is 2. The van der Waals surface area contributed by atoms with Gasteiger partial charge in [-0.2, -0.15) is 4.68 Å². The van der Waals surface area contributed by atoms with Crippen LogP contribution < -0.4 is 15.4 Å². The number of rotatable bonds is 5. The predicted molar refractivity (Wildman–Crippen MR) is 105 cm³/mol. The third kappa shape index (κ3) is 3.32. The molecule has 1 aromatic heterocycles. The molecule has 0 spiro atoms. The first-order chi connectivity index (χ1) is 13.7. The van der Waals surface area contributed by atoms with E-state index in [4.69, 9.17) is 4.74 Å². The van der Waals surface area contributed by atoms with Crippen molar-refractivity contribution in [3.8, 4) is 5.75 Å². The van der Waals surface area contributed by atoms with Crippen molar-refractivity contribution in [3.05, 3.63) is 71.4 Å². The maximum absolute atomic E-state index is 13.1. The van der Waals surface area contributed by atoms with Crippen molar-refractivity contribution < 1.29 is 9.53 Å². The van der Waals surface area contributed by atoms with Gasteiger partial charge in [-0.25, -0.2) is 0 Å². The van der Waals surface area contributed by atoms with E-state index in [1.54, 1.807) is 4.68 Å². The summed E-state index contributed by atoms with van der Waals surface area (Å²) in [7, 11) is 0. The summed E-state index contributed by atoms with van der Waals surface area (Å²) in [5.41, 5.74) is 2.86. The number of nitrogens with one attached hydrogen (secondary N) is 2. The lowest BCUT2D eigenvalue weighted by molar-refractivity contribution is -0.113. The second kappa shape index (κ2) is 7.51. The van der Waals surface area contributed by atoms with E-state index in [1.807, 2.05) is 68.4 Å². The van der Waals surface area contributed by atoms with E-state index < -0.39 is 6.04 Å². The Morgan fingerprint density at radius 1 is 1.18 bits per heavy atom. The molecule has 2 N–H and O–H groups in total. The van der Waals surface area contributed by atoms with Crippen LogP contribution in [0.25, 0.3) is 0 Å². The van der Waals surface area contributed by atoms with Gasteiger partial charge in [0.15, 0.2) is 0 Å². The molecule has 2 aromatic carbocycles. The van der Waals surface area contributed by atoms with E-state index in [0.717, 1.165) is 17.0 Å². The van der Waals surface area contributed by atoms with Crippen LogP contribution in [0.15, 0.2) is 65.9 Å². The molecule has 1 aliphatic heterocycles. The minimum absolute atomic E-state index is 0.212. The zero-order valence-electron chi connectivity index (χ0n) is 15.6. The lowest BCUT2D eigenvalue weighted by Crippen LogP contribution is -2.31. The highest BCUT2D eigenvalue weighted by Gasteiger charge is 2.34. The summed E-state index contributed by atoms with van der Waals surface area (Å²) in [6.45, 7) is 4.37. The number of carbonyl (C=O) groups excluding carboxylic acids is 1. The number of hydrogen-bond acceptors (Lipinski definition) is 6. The van der Waals surface area contributed by atoms with Crippen molar-refractivity contribution in [1.82, 2.24) is 20.2 Å². The Morgan fingerprint density at radius 3 is 2.64 bits per heavy atom. The van der Waals surface area contributed by atoms with Crippen LogP contribution in [0.3, 0.4) is 0 Å². The molecule has 8 heteroatoms. The summed E-state index contributed by atoms with van der Waals surface area (Å²) in [5.74, 6) is 1.05. The fourth-order valence-corrected chi connectivity index (χ4v) is 3.25. The molecule has 3 aromatic rings. The van der Waals surface area contributed by atoms with Gasteiger partial charge in [0.05, 0.1) is 12.2 Å². The highest BCUT2D eigenvalue weighted by Crippen LogP contribution is 2.35. The summed E-state index contributed by atoms with van der Waals surface area (Å²) in [6, 6.07) is 16.5. The minimum atomic E-state index is -0.453. The van der Waals surface area contributed by atoms with Gasteiger partial charge in [-0.1, -0.05) is 35.4 Å². The van der Waals surface area contributed by atoms with E-state index in [1.165, 1.54) is 0 Å². The van der Waals surface area contributed by atoms with Crippen molar-refractivity contribution in [2.24, 2.45) is 0 Å². The Balaban J connectivity index is 1.73. The topological polar surface area (TPSA) is 94.0 Å².